The Morgan fingerprint density at radius 3 is 2.28 bits per heavy atom. The SMILES string of the molecule is CS(=O)(=O)NCC1CCCCN1C(=O)C1CCN(S(=O)(=O)c2ccccc2)CC1. The molecule has 0 radical (unpaired) electrons. The van der Waals surface area contributed by atoms with Gasteiger partial charge in [0.15, 0.2) is 0 Å². The first-order valence-corrected chi connectivity index (χ1v) is 13.3. The van der Waals surface area contributed by atoms with Crippen molar-refractivity contribution in [2.45, 2.75) is 43.0 Å². The fraction of sp³-hybridized carbons (Fsp3) is 0.632. The molecule has 0 aliphatic carbocycles. The van der Waals surface area contributed by atoms with Crippen molar-refractivity contribution in [2.24, 2.45) is 5.92 Å². The van der Waals surface area contributed by atoms with E-state index >= 15 is 0 Å². The van der Waals surface area contributed by atoms with Crippen molar-refractivity contribution in [3.63, 3.8) is 0 Å². The maximum Gasteiger partial charge on any atom is 0.243 e. The maximum absolute atomic E-state index is 13.1. The number of piperidine rings is 2. The van der Waals surface area contributed by atoms with Crippen molar-refractivity contribution in [1.82, 2.24) is 13.9 Å². The zero-order valence-electron chi connectivity index (χ0n) is 16.7. The molecule has 162 valence electrons. The van der Waals surface area contributed by atoms with E-state index in [1.54, 1.807) is 35.2 Å². The van der Waals surface area contributed by atoms with E-state index in [0.717, 1.165) is 25.5 Å². The summed E-state index contributed by atoms with van der Waals surface area (Å²) in [6.45, 7) is 1.48. The van der Waals surface area contributed by atoms with Gasteiger partial charge < -0.3 is 4.90 Å². The fourth-order valence-electron chi connectivity index (χ4n) is 4.07. The molecule has 2 aliphatic rings. The number of benzene rings is 1. The highest BCUT2D eigenvalue weighted by Gasteiger charge is 2.36. The lowest BCUT2D eigenvalue weighted by molar-refractivity contribution is -0.140. The number of nitrogens with zero attached hydrogens (tertiary/aromatic N) is 2. The molecule has 2 saturated heterocycles. The summed E-state index contributed by atoms with van der Waals surface area (Å²) in [6.07, 6.45) is 4.72. The molecule has 0 saturated carbocycles. The molecule has 0 bridgehead atoms. The molecule has 2 heterocycles. The Kier molecular flexibility index (Phi) is 6.98. The van der Waals surface area contributed by atoms with E-state index < -0.39 is 20.0 Å². The molecule has 29 heavy (non-hydrogen) atoms. The molecule has 2 aliphatic heterocycles. The Hall–Kier alpha value is -1.49. The molecule has 0 spiro atoms. The van der Waals surface area contributed by atoms with Crippen molar-refractivity contribution in [3.8, 4) is 0 Å². The normalized spacial score (nSPS) is 22.5. The van der Waals surface area contributed by atoms with E-state index in [9.17, 15) is 21.6 Å². The smallest absolute Gasteiger partial charge is 0.243 e. The van der Waals surface area contributed by atoms with Gasteiger partial charge >= 0.3 is 0 Å². The van der Waals surface area contributed by atoms with Gasteiger partial charge in [-0.05, 0) is 44.2 Å². The zero-order chi connectivity index (χ0) is 21.1. The lowest BCUT2D eigenvalue weighted by Crippen LogP contribution is -2.52. The predicted molar refractivity (Wildman–Crippen MR) is 110 cm³/mol. The van der Waals surface area contributed by atoms with Crippen LogP contribution in [0.15, 0.2) is 35.2 Å². The van der Waals surface area contributed by atoms with Gasteiger partial charge in [-0.25, -0.2) is 21.6 Å². The third-order valence-electron chi connectivity index (χ3n) is 5.68. The second kappa shape index (κ2) is 9.11. The van der Waals surface area contributed by atoms with Crippen LogP contribution in [0.25, 0.3) is 0 Å². The molecule has 1 amide bonds. The number of carbonyl (C=O) groups is 1. The fourth-order valence-corrected chi connectivity index (χ4v) is 6.06. The van der Waals surface area contributed by atoms with Crippen molar-refractivity contribution < 1.29 is 21.6 Å². The monoisotopic (exact) mass is 443 g/mol. The van der Waals surface area contributed by atoms with Gasteiger partial charge in [-0.2, -0.15) is 4.31 Å². The lowest BCUT2D eigenvalue weighted by atomic mass is 9.93. The average Bonchev–Trinajstić information content (AvgIpc) is 2.72. The molecule has 2 fully saturated rings. The molecule has 3 rings (SSSR count). The van der Waals surface area contributed by atoms with Crippen LogP contribution in [-0.2, 0) is 24.8 Å². The number of rotatable bonds is 6. The molecule has 1 aromatic rings. The summed E-state index contributed by atoms with van der Waals surface area (Å²) in [7, 11) is -6.85. The molecule has 0 aromatic heterocycles. The highest BCUT2D eigenvalue weighted by atomic mass is 32.2. The Labute approximate surface area is 173 Å². The number of likely N-dealkylation sites (tertiary alicyclic amines) is 1. The van der Waals surface area contributed by atoms with Crippen LogP contribution in [-0.4, -0.2) is 70.4 Å². The Bertz CT molecular complexity index is 910. The van der Waals surface area contributed by atoms with Crippen molar-refractivity contribution >= 4 is 26.0 Å². The van der Waals surface area contributed by atoms with Crippen LogP contribution in [0.5, 0.6) is 0 Å². The first-order valence-electron chi connectivity index (χ1n) is 9.99. The largest absolute Gasteiger partial charge is 0.338 e. The predicted octanol–water partition coefficient (Wildman–Crippen LogP) is 1.02. The number of sulfonamides is 2. The van der Waals surface area contributed by atoms with E-state index in [1.807, 2.05) is 0 Å². The topological polar surface area (TPSA) is 104 Å². The molecular formula is C19H29N3O5S2. The minimum absolute atomic E-state index is 0.0155. The highest BCUT2D eigenvalue weighted by Crippen LogP contribution is 2.27. The molecule has 10 heteroatoms. The minimum atomic E-state index is -3.54. The van der Waals surface area contributed by atoms with Crippen LogP contribution in [0, 0.1) is 5.92 Å². The number of hydrogen-bond acceptors (Lipinski definition) is 5. The quantitative estimate of drug-likeness (QED) is 0.707. The minimum Gasteiger partial charge on any atom is -0.338 e. The van der Waals surface area contributed by atoms with Crippen molar-refractivity contribution in [3.05, 3.63) is 30.3 Å². The van der Waals surface area contributed by atoms with Crippen molar-refractivity contribution in [1.29, 1.82) is 0 Å². The molecule has 8 nitrogen and oxygen atoms in total. The Morgan fingerprint density at radius 1 is 1.00 bits per heavy atom. The van der Waals surface area contributed by atoms with Gasteiger partial charge in [-0.1, -0.05) is 18.2 Å². The van der Waals surface area contributed by atoms with Gasteiger partial charge in [0.2, 0.25) is 26.0 Å². The number of nitrogens with one attached hydrogen (secondary N) is 1. The molecule has 1 atom stereocenters. The average molecular weight is 444 g/mol. The summed E-state index contributed by atoms with van der Waals surface area (Å²) < 4.78 is 52.3. The van der Waals surface area contributed by atoms with E-state index in [1.165, 1.54) is 4.31 Å². The second-order valence-corrected chi connectivity index (χ2v) is 11.6. The summed E-state index contributed by atoms with van der Waals surface area (Å²) in [4.78, 5) is 15.2. The van der Waals surface area contributed by atoms with Gasteiger partial charge in [0, 0.05) is 38.1 Å². The van der Waals surface area contributed by atoms with E-state index in [2.05, 4.69) is 4.72 Å². The first-order chi connectivity index (χ1) is 13.7. The van der Waals surface area contributed by atoms with Crippen LogP contribution in [0.4, 0.5) is 0 Å². The third kappa shape index (κ3) is 5.56. The molecular weight excluding hydrogens is 414 g/mol. The Balaban J connectivity index is 1.61. The third-order valence-corrected chi connectivity index (χ3v) is 8.28. The van der Waals surface area contributed by atoms with Crippen LogP contribution in [0.2, 0.25) is 0 Å². The molecule has 1 unspecified atom stereocenters. The van der Waals surface area contributed by atoms with Crippen molar-refractivity contribution in [2.75, 3.05) is 32.4 Å². The van der Waals surface area contributed by atoms with Gasteiger partial charge in [0.05, 0.1) is 11.2 Å². The summed E-state index contributed by atoms with van der Waals surface area (Å²) in [6, 6.07) is 8.20. The molecule has 1 aromatic carbocycles. The van der Waals surface area contributed by atoms with Crippen LogP contribution in [0.1, 0.15) is 32.1 Å². The number of carbonyl (C=O) groups excluding carboxylic acids is 1. The van der Waals surface area contributed by atoms with Crippen LogP contribution < -0.4 is 4.72 Å². The summed E-state index contributed by atoms with van der Waals surface area (Å²) in [5.74, 6) is -0.210. The van der Waals surface area contributed by atoms with Gasteiger partial charge in [-0.3, -0.25) is 4.79 Å². The van der Waals surface area contributed by atoms with Gasteiger partial charge in [0.25, 0.3) is 0 Å². The lowest BCUT2D eigenvalue weighted by Gasteiger charge is -2.39. The second-order valence-electron chi connectivity index (χ2n) is 7.79. The summed E-state index contributed by atoms with van der Waals surface area (Å²) in [5, 5.41) is 0. The maximum atomic E-state index is 13.1. The standard InChI is InChI=1S/C19H29N3O5S2/c1-28(24,25)20-15-17-7-5-6-12-22(17)19(23)16-10-13-21(14-11-16)29(26,27)18-8-3-2-4-9-18/h2-4,8-9,16-17,20H,5-7,10-15H2,1H3. The van der Waals surface area contributed by atoms with E-state index in [-0.39, 0.29) is 29.3 Å². The van der Waals surface area contributed by atoms with Crippen LogP contribution >= 0.6 is 0 Å². The van der Waals surface area contributed by atoms with E-state index in [4.69, 9.17) is 0 Å². The Morgan fingerprint density at radius 2 is 1.66 bits per heavy atom. The number of amides is 1. The summed E-state index contributed by atoms with van der Waals surface area (Å²) >= 11 is 0. The highest BCUT2D eigenvalue weighted by molar-refractivity contribution is 7.89. The van der Waals surface area contributed by atoms with E-state index in [0.29, 0.717) is 32.5 Å². The molecule has 1 N–H and O–H groups in total. The number of hydrogen-bond donors (Lipinski definition) is 1. The van der Waals surface area contributed by atoms with Crippen LogP contribution in [0.3, 0.4) is 0 Å². The first kappa shape index (κ1) is 22.2. The zero-order valence-corrected chi connectivity index (χ0v) is 18.3. The van der Waals surface area contributed by atoms with Gasteiger partial charge in [-0.15, -0.1) is 0 Å². The summed E-state index contributed by atoms with van der Waals surface area (Å²) in [5.41, 5.74) is 0. The van der Waals surface area contributed by atoms with Gasteiger partial charge in [0.1, 0.15) is 0 Å².